The van der Waals surface area contributed by atoms with Crippen LogP contribution in [0.2, 0.25) is 0 Å². The van der Waals surface area contributed by atoms with Crippen molar-refractivity contribution < 1.29 is 59.7 Å². The molecule has 0 rings (SSSR count). The van der Waals surface area contributed by atoms with Gasteiger partial charge in [0.25, 0.3) is 0 Å². The van der Waals surface area contributed by atoms with Crippen LogP contribution in [-0.2, 0) is 9.13 Å². The minimum absolute atomic E-state index is 0. The summed E-state index contributed by atoms with van der Waals surface area (Å²) in [5.41, 5.74) is 0. The minimum Gasteiger partial charge on any atom is -1.00 e. The summed E-state index contributed by atoms with van der Waals surface area (Å²) in [6.07, 6.45) is 0. The average Bonchev–Trinajstić information content (AvgIpc) is 1.59. The predicted molar refractivity (Wildman–Crippen MR) is 34.7 cm³/mol. The van der Waals surface area contributed by atoms with E-state index in [0.29, 0.717) is 0 Å². The van der Waals surface area contributed by atoms with Crippen molar-refractivity contribution in [1.29, 1.82) is 0 Å². The molecule has 0 spiro atoms. The van der Waals surface area contributed by atoms with Gasteiger partial charge in [0, 0.05) is 0 Å². The van der Waals surface area contributed by atoms with Gasteiger partial charge < -0.3 is 21.0 Å². The molecule has 0 radical (unpaired) electrons. The van der Waals surface area contributed by atoms with Crippen LogP contribution in [0.4, 0.5) is 0 Å². The minimum atomic E-state index is -4.64. The Kier molecular flexibility index (Phi) is 6.07. The number of hydrogen-bond donors (Lipinski definition) is 4. The van der Waals surface area contributed by atoms with Gasteiger partial charge in [-0.2, -0.15) is 0 Å². The van der Waals surface area contributed by atoms with Gasteiger partial charge in [-0.1, -0.05) is 0 Å². The molecule has 0 atom stereocenters. The third kappa shape index (κ3) is 5.53. The summed E-state index contributed by atoms with van der Waals surface area (Å²) in [6.45, 7) is 0.807. The van der Waals surface area contributed by atoms with E-state index in [4.69, 9.17) is 19.6 Å². The Bertz CT molecular complexity index is 186. The molecule has 0 aromatic carbocycles. The van der Waals surface area contributed by atoms with Crippen LogP contribution in [0.3, 0.4) is 0 Å². The molecule has 6 nitrogen and oxygen atoms in total. The van der Waals surface area contributed by atoms with Crippen LogP contribution in [-0.4, -0.2) is 25.0 Å². The third-order valence-corrected chi connectivity index (χ3v) is 4.73. The Morgan fingerprint density at radius 2 is 1.27 bits per heavy atom. The van der Waals surface area contributed by atoms with E-state index in [1.807, 2.05) is 0 Å². The van der Waals surface area contributed by atoms with Gasteiger partial charge in [0.15, 0.2) is 5.40 Å². The van der Waals surface area contributed by atoms with E-state index in [0.717, 1.165) is 6.92 Å². The van der Waals surface area contributed by atoms with Gasteiger partial charge in [-0.25, -0.2) is 0 Å². The van der Waals surface area contributed by atoms with Gasteiger partial charge >= 0.3 is 44.7 Å². The summed E-state index contributed by atoms with van der Waals surface area (Å²) >= 11 is 0. The summed E-state index contributed by atoms with van der Waals surface area (Å²) < 4.78 is 20.4. The largest absolute Gasteiger partial charge is 1.00 e. The van der Waals surface area contributed by atoms with E-state index in [1.165, 1.54) is 0 Å². The molecule has 11 heavy (non-hydrogen) atoms. The first-order valence-corrected chi connectivity index (χ1v) is 5.62. The first-order chi connectivity index (χ1) is 4.15. The molecule has 0 aliphatic rings. The van der Waals surface area contributed by atoms with Crippen molar-refractivity contribution in [1.82, 2.24) is 0 Å². The van der Waals surface area contributed by atoms with Crippen LogP contribution >= 0.6 is 15.2 Å². The second-order valence-corrected chi connectivity index (χ2v) is 6.12. The van der Waals surface area contributed by atoms with Crippen molar-refractivity contribution in [3.8, 4) is 0 Å². The normalized spacial score (nSPS) is 12.9. The smallest absolute Gasteiger partial charge is 1.00 e. The van der Waals surface area contributed by atoms with E-state index < -0.39 is 20.6 Å². The maximum Gasteiger partial charge on any atom is 1.00 e. The molecule has 0 aliphatic heterocycles. The maximum atomic E-state index is 10.2. The van der Waals surface area contributed by atoms with E-state index in [9.17, 15) is 9.13 Å². The molecule has 64 valence electrons. The van der Waals surface area contributed by atoms with Gasteiger partial charge in [0.2, 0.25) is 0 Å². The zero-order valence-electron chi connectivity index (χ0n) is 7.08. The van der Waals surface area contributed by atoms with Crippen molar-refractivity contribution in [3.05, 3.63) is 0 Å². The van der Waals surface area contributed by atoms with Gasteiger partial charge in [-0.15, -0.1) is 0 Å². The molecule has 0 unspecified atom stereocenters. The first kappa shape index (κ1) is 14.8. The zero-order valence-corrected chi connectivity index (χ0v) is 9.87. The summed E-state index contributed by atoms with van der Waals surface area (Å²) in [4.78, 5) is 33.0. The molecule has 0 heterocycles. The molecule has 9 heteroatoms. The van der Waals surface area contributed by atoms with E-state index in [-0.39, 0.29) is 31.0 Å². The van der Waals surface area contributed by atoms with Gasteiger partial charge in [-0.05, 0) is 6.92 Å². The van der Waals surface area contributed by atoms with Gasteiger partial charge in [0.05, 0.1) is 0 Å². The van der Waals surface area contributed by atoms with Crippen molar-refractivity contribution in [3.63, 3.8) is 0 Å². The van der Waals surface area contributed by atoms with Crippen LogP contribution in [0.1, 0.15) is 8.35 Å². The van der Waals surface area contributed by atoms with Crippen LogP contribution in [0.5, 0.6) is 0 Å². The first-order valence-electron chi connectivity index (χ1n) is 2.26. The zero-order chi connectivity index (χ0) is 8.58. The van der Waals surface area contributed by atoms with Crippen LogP contribution < -0.4 is 29.6 Å². The van der Waals surface area contributed by atoms with Crippen LogP contribution in [0, 0.1) is 0 Å². The molecular formula is C2H9NaO6P2. The van der Waals surface area contributed by atoms with Crippen molar-refractivity contribution >= 4 is 15.2 Å². The molecular weight excluding hydrogens is 205 g/mol. The summed E-state index contributed by atoms with van der Waals surface area (Å²) in [6, 6.07) is 0. The van der Waals surface area contributed by atoms with Gasteiger partial charge in [-0.3, -0.25) is 9.13 Å². The van der Waals surface area contributed by atoms with Crippen molar-refractivity contribution in [2.45, 2.75) is 12.3 Å². The Balaban J connectivity index is -0.000000405. The van der Waals surface area contributed by atoms with E-state index in [2.05, 4.69) is 0 Å². The van der Waals surface area contributed by atoms with E-state index in [1.54, 1.807) is 0 Å². The fourth-order valence-electron chi connectivity index (χ4n) is 0.196. The number of rotatable bonds is 2. The maximum absolute atomic E-state index is 10.2. The van der Waals surface area contributed by atoms with Crippen LogP contribution in [0.25, 0.3) is 0 Å². The molecule has 0 fully saturated rings. The standard InChI is InChI=1S/C2H8O6P2.Na.H/c1-2(9(3,4)5)10(6,7)8;;/h2H,1H3,(H2,3,4,5)(H2,6,7,8);;/q;+1;-1. The van der Waals surface area contributed by atoms with Crippen molar-refractivity contribution in [2.75, 3.05) is 0 Å². The topological polar surface area (TPSA) is 115 Å². The monoisotopic (exact) mass is 214 g/mol. The Morgan fingerprint density at radius 3 is 1.27 bits per heavy atom. The van der Waals surface area contributed by atoms with Crippen molar-refractivity contribution in [2.24, 2.45) is 0 Å². The number of hydrogen-bond acceptors (Lipinski definition) is 2. The average molecular weight is 214 g/mol. The molecule has 0 amide bonds. The predicted octanol–water partition coefficient (Wildman–Crippen LogP) is -3.20. The molecule has 0 saturated heterocycles. The molecule has 0 bridgehead atoms. The molecule has 0 aliphatic carbocycles. The third-order valence-electron chi connectivity index (χ3n) is 0.974. The second kappa shape index (κ2) is 4.51. The van der Waals surface area contributed by atoms with Crippen LogP contribution in [0.15, 0.2) is 0 Å². The van der Waals surface area contributed by atoms with E-state index >= 15 is 0 Å². The molecule has 0 saturated carbocycles. The molecule has 4 N–H and O–H groups in total. The molecule has 0 aromatic heterocycles. The summed E-state index contributed by atoms with van der Waals surface area (Å²) in [7, 11) is -9.28. The summed E-state index contributed by atoms with van der Waals surface area (Å²) in [5, 5.41) is -1.90. The quantitative estimate of drug-likeness (QED) is 0.284. The second-order valence-electron chi connectivity index (χ2n) is 1.81. The fraction of sp³-hybridized carbons (Fsp3) is 1.00. The SMILES string of the molecule is CC(P(=O)(O)O)P(=O)(O)O.[H-].[Na+]. The summed E-state index contributed by atoms with van der Waals surface area (Å²) in [5.74, 6) is 0. The fourth-order valence-corrected chi connectivity index (χ4v) is 1.76. The van der Waals surface area contributed by atoms with Gasteiger partial charge in [0.1, 0.15) is 0 Å². The Hall–Kier alpha value is 1.30. The molecule has 0 aromatic rings. The Morgan fingerprint density at radius 1 is 1.09 bits per heavy atom. The Labute approximate surface area is 87.1 Å².